The molecule has 1 fully saturated rings. The molecule has 0 spiro atoms. The van der Waals surface area contributed by atoms with E-state index in [9.17, 15) is 9.59 Å². The van der Waals surface area contributed by atoms with Gasteiger partial charge in [-0.1, -0.05) is 18.2 Å². The molecule has 2 amide bonds. The number of aryl methyl sites for hydroxylation is 2. The van der Waals surface area contributed by atoms with Gasteiger partial charge >= 0.3 is 0 Å². The lowest BCUT2D eigenvalue weighted by molar-refractivity contribution is -0.122. The zero-order chi connectivity index (χ0) is 25.8. The highest BCUT2D eigenvalue weighted by molar-refractivity contribution is 7.80. The number of thiocarbonyl (C=S) groups is 1. The van der Waals surface area contributed by atoms with Crippen molar-refractivity contribution < 1.29 is 9.59 Å². The zero-order valence-electron chi connectivity index (χ0n) is 21.7. The SMILES string of the molecule is CC1=CC(C)(C)N(C(C)C)c2cc(C)c(/C=C3\C(=O)NC(=S)N(c4cccc(C)c4C)C3=O)cc21. The van der Waals surface area contributed by atoms with Crippen LogP contribution in [0.1, 0.15) is 62.4 Å². The van der Waals surface area contributed by atoms with Crippen molar-refractivity contribution in [1.82, 2.24) is 5.32 Å². The van der Waals surface area contributed by atoms with E-state index in [1.807, 2.05) is 39.0 Å². The van der Waals surface area contributed by atoms with Crippen molar-refractivity contribution in [2.75, 3.05) is 9.80 Å². The average Bonchev–Trinajstić information content (AvgIpc) is 2.73. The Morgan fingerprint density at radius 3 is 2.34 bits per heavy atom. The Balaban J connectivity index is 1.83. The molecule has 0 unspecified atom stereocenters. The number of rotatable bonds is 3. The Hall–Kier alpha value is -3.25. The van der Waals surface area contributed by atoms with Crippen LogP contribution in [0.3, 0.4) is 0 Å². The van der Waals surface area contributed by atoms with Crippen molar-refractivity contribution in [3.63, 3.8) is 0 Å². The summed E-state index contributed by atoms with van der Waals surface area (Å²) < 4.78 is 0. The Kier molecular flexibility index (Phi) is 6.22. The standard InChI is InChI=1S/C29H33N3O2S/c1-16(2)32-25-12-18(4)21(13-22(25)19(5)15-29(32,7)8)14-23-26(33)30-28(35)31(27(23)34)24-11-9-10-17(3)20(24)6/h9-16H,1-8H3,(H,30,33,35)/b23-14+. The molecule has 0 saturated carbocycles. The number of allylic oxidation sites excluding steroid dienone is 1. The summed E-state index contributed by atoms with van der Waals surface area (Å²) in [7, 11) is 0. The number of hydrogen-bond acceptors (Lipinski definition) is 4. The number of nitrogens with one attached hydrogen (secondary N) is 1. The molecule has 2 aromatic carbocycles. The normalized spacial score (nSPS) is 18.7. The Bertz CT molecular complexity index is 1330. The van der Waals surface area contributed by atoms with E-state index in [4.69, 9.17) is 12.2 Å². The number of carbonyl (C=O) groups excluding carboxylic acids is 2. The van der Waals surface area contributed by atoms with Crippen molar-refractivity contribution in [1.29, 1.82) is 0 Å². The van der Waals surface area contributed by atoms with Gasteiger partial charge in [-0.05, 0) is 120 Å². The molecule has 2 heterocycles. The predicted octanol–water partition coefficient (Wildman–Crippen LogP) is 5.85. The molecule has 182 valence electrons. The van der Waals surface area contributed by atoms with Gasteiger partial charge in [-0.3, -0.25) is 19.8 Å². The first-order valence-corrected chi connectivity index (χ1v) is 12.4. The fraction of sp³-hybridized carbons (Fsp3) is 0.345. The lowest BCUT2D eigenvalue weighted by atomic mass is 9.85. The summed E-state index contributed by atoms with van der Waals surface area (Å²) in [5.41, 5.74) is 7.93. The smallest absolute Gasteiger partial charge is 0.270 e. The molecule has 0 radical (unpaired) electrons. The highest BCUT2D eigenvalue weighted by Gasteiger charge is 2.36. The first-order chi connectivity index (χ1) is 16.3. The van der Waals surface area contributed by atoms with Crippen LogP contribution in [-0.2, 0) is 9.59 Å². The van der Waals surface area contributed by atoms with Gasteiger partial charge in [-0.2, -0.15) is 0 Å². The Labute approximate surface area is 213 Å². The van der Waals surface area contributed by atoms with E-state index >= 15 is 0 Å². The largest absolute Gasteiger partial charge is 0.360 e. The minimum atomic E-state index is -0.476. The third-order valence-corrected chi connectivity index (χ3v) is 7.28. The summed E-state index contributed by atoms with van der Waals surface area (Å²) in [6, 6.07) is 10.3. The molecule has 1 saturated heterocycles. The van der Waals surface area contributed by atoms with Crippen LogP contribution in [0.4, 0.5) is 11.4 Å². The van der Waals surface area contributed by atoms with E-state index in [1.54, 1.807) is 6.08 Å². The van der Waals surface area contributed by atoms with Gasteiger partial charge in [0.2, 0.25) is 0 Å². The first kappa shape index (κ1) is 24.9. The fourth-order valence-electron chi connectivity index (χ4n) is 5.32. The number of benzene rings is 2. The van der Waals surface area contributed by atoms with Gasteiger partial charge in [0, 0.05) is 17.3 Å². The van der Waals surface area contributed by atoms with E-state index in [0.29, 0.717) is 11.7 Å². The highest BCUT2D eigenvalue weighted by atomic mass is 32.1. The van der Waals surface area contributed by atoms with E-state index in [2.05, 4.69) is 63.0 Å². The van der Waals surface area contributed by atoms with E-state index in [-0.39, 0.29) is 16.2 Å². The summed E-state index contributed by atoms with van der Waals surface area (Å²) in [5.74, 6) is -0.891. The van der Waals surface area contributed by atoms with Crippen LogP contribution in [0.25, 0.3) is 11.6 Å². The molecule has 6 heteroatoms. The minimum Gasteiger partial charge on any atom is -0.360 e. The number of anilines is 2. The lowest BCUT2D eigenvalue weighted by Gasteiger charge is -2.46. The van der Waals surface area contributed by atoms with Crippen molar-refractivity contribution in [2.24, 2.45) is 0 Å². The minimum absolute atomic E-state index is 0.0704. The zero-order valence-corrected chi connectivity index (χ0v) is 22.6. The number of hydrogen-bond donors (Lipinski definition) is 1. The topological polar surface area (TPSA) is 52.7 Å². The summed E-state index contributed by atoms with van der Waals surface area (Å²) in [6.45, 7) is 16.9. The second-order valence-corrected chi connectivity index (χ2v) is 10.7. The van der Waals surface area contributed by atoms with E-state index in [1.165, 1.54) is 16.2 Å². The summed E-state index contributed by atoms with van der Waals surface area (Å²) in [4.78, 5) is 30.3. The van der Waals surface area contributed by atoms with Crippen molar-refractivity contribution in [3.8, 4) is 0 Å². The second-order valence-electron chi connectivity index (χ2n) is 10.3. The molecule has 2 aliphatic rings. The molecule has 2 aliphatic heterocycles. The maximum absolute atomic E-state index is 13.6. The quantitative estimate of drug-likeness (QED) is 0.335. The number of amides is 2. The third-order valence-electron chi connectivity index (χ3n) is 6.99. The van der Waals surface area contributed by atoms with Crippen LogP contribution in [0, 0.1) is 20.8 Å². The van der Waals surface area contributed by atoms with Crippen LogP contribution in [-0.4, -0.2) is 28.5 Å². The van der Waals surface area contributed by atoms with Crippen molar-refractivity contribution in [2.45, 2.75) is 67.0 Å². The summed E-state index contributed by atoms with van der Waals surface area (Å²) in [5, 5.41) is 2.81. The van der Waals surface area contributed by atoms with Crippen molar-refractivity contribution >= 4 is 52.2 Å². The molecule has 4 rings (SSSR count). The van der Waals surface area contributed by atoms with Crippen LogP contribution >= 0.6 is 12.2 Å². The van der Waals surface area contributed by atoms with Gasteiger partial charge in [0.1, 0.15) is 5.57 Å². The van der Waals surface area contributed by atoms with Crippen molar-refractivity contribution in [3.05, 3.63) is 69.8 Å². The lowest BCUT2D eigenvalue weighted by Crippen LogP contribution is -2.54. The van der Waals surface area contributed by atoms with Gasteiger partial charge in [0.25, 0.3) is 11.8 Å². The Morgan fingerprint density at radius 1 is 1.00 bits per heavy atom. The summed E-state index contributed by atoms with van der Waals surface area (Å²) >= 11 is 5.40. The molecule has 2 aromatic rings. The molecule has 0 aromatic heterocycles. The molecular formula is C29H33N3O2S. The van der Waals surface area contributed by atoms with Gasteiger partial charge in [-0.15, -0.1) is 0 Å². The summed E-state index contributed by atoms with van der Waals surface area (Å²) in [6.07, 6.45) is 3.97. The average molecular weight is 488 g/mol. The first-order valence-electron chi connectivity index (χ1n) is 11.9. The van der Waals surface area contributed by atoms with Crippen LogP contribution in [0.15, 0.2) is 42.0 Å². The van der Waals surface area contributed by atoms with Gasteiger partial charge in [0.05, 0.1) is 11.2 Å². The molecule has 35 heavy (non-hydrogen) atoms. The third kappa shape index (κ3) is 4.20. The Morgan fingerprint density at radius 2 is 1.69 bits per heavy atom. The maximum Gasteiger partial charge on any atom is 0.270 e. The van der Waals surface area contributed by atoms with E-state index < -0.39 is 11.8 Å². The molecule has 0 bridgehead atoms. The molecule has 0 atom stereocenters. The van der Waals surface area contributed by atoms with E-state index in [0.717, 1.165) is 27.8 Å². The number of nitrogens with zero attached hydrogens (tertiary/aromatic N) is 2. The number of fused-ring (bicyclic) bond motifs is 1. The molecule has 0 aliphatic carbocycles. The predicted molar refractivity (Wildman–Crippen MR) is 149 cm³/mol. The van der Waals surface area contributed by atoms with Crippen LogP contribution < -0.4 is 15.1 Å². The highest BCUT2D eigenvalue weighted by Crippen LogP contribution is 2.42. The van der Waals surface area contributed by atoms with Gasteiger partial charge < -0.3 is 4.90 Å². The monoisotopic (exact) mass is 487 g/mol. The fourth-order valence-corrected chi connectivity index (χ4v) is 5.59. The van der Waals surface area contributed by atoms with Gasteiger partial charge in [-0.25, -0.2) is 0 Å². The van der Waals surface area contributed by atoms with Gasteiger partial charge in [0.15, 0.2) is 5.11 Å². The maximum atomic E-state index is 13.6. The number of carbonyl (C=O) groups is 2. The second kappa shape index (κ2) is 8.76. The molecular weight excluding hydrogens is 454 g/mol. The molecule has 1 N–H and O–H groups in total. The van der Waals surface area contributed by atoms with Crippen LogP contribution in [0.5, 0.6) is 0 Å². The molecule has 5 nitrogen and oxygen atoms in total. The van der Waals surface area contributed by atoms with Crippen LogP contribution in [0.2, 0.25) is 0 Å².